The molecule has 0 aliphatic heterocycles. The Kier molecular flexibility index (Phi) is 7.96. The minimum Gasteiger partial charge on any atom is -0.353 e. The fraction of sp³-hybridized carbons (Fsp3) is 0.353. The maximum absolute atomic E-state index is 12.5. The molecule has 0 atom stereocenters. The summed E-state index contributed by atoms with van der Waals surface area (Å²) < 4.78 is 27.1. The van der Waals surface area contributed by atoms with Crippen LogP contribution in [0.2, 0.25) is 0 Å². The number of nitrogens with one attached hydrogen (secondary N) is 1. The molecule has 146 valence electrons. The van der Waals surface area contributed by atoms with Crippen LogP contribution >= 0.6 is 23.1 Å². The molecule has 0 fully saturated rings. The zero-order valence-electron chi connectivity index (χ0n) is 15.2. The Morgan fingerprint density at radius 3 is 2.52 bits per heavy atom. The molecule has 10 heteroatoms. The first-order chi connectivity index (χ1) is 12.9. The molecule has 0 unspecified atom stereocenters. The lowest BCUT2D eigenvalue weighted by atomic mass is 10.1. The van der Waals surface area contributed by atoms with Gasteiger partial charge in [-0.3, -0.25) is 4.79 Å². The van der Waals surface area contributed by atoms with Crippen LogP contribution in [0.15, 0.2) is 46.2 Å². The van der Waals surface area contributed by atoms with Gasteiger partial charge in [0.1, 0.15) is 0 Å². The lowest BCUT2D eigenvalue weighted by molar-refractivity contribution is 0.101. The van der Waals surface area contributed by atoms with E-state index in [2.05, 4.69) is 22.1 Å². The molecule has 2 aromatic rings. The van der Waals surface area contributed by atoms with Crippen LogP contribution in [0, 0.1) is 0 Å². The summed E-state index contributed by atoms with van der Waals surface area (Å²) in [6.45, 7) is 8.09. The predicted molar refractivity (Wildman–Crippen MR) is 110 cm³/mol. The maximum Gasteiger partial charge on any atom is 0.243 e. The Morgan fingerprint density at radius 2 is 1.93 bits per heavy atom. The van der Waals surface area contributed by atoms with Crippen LogP contribution in [0.25, 0.3) is 0 Å². The second kappa shape index (κ2) is 9.98. The first-order valence-corrected chi connectivity index (χ1v) is 11.6. The highest BCUT2D eigenvalue weighted by Crippen LogP contribution is 2.25. The van der Waals surface area contributed by atoms with E-state index in [-0.39, 0.29) is 17.2 Å². The highest BCUT2D eigenvalue weighted by atomic mass is 32.2. The molecule has 1 aromatic carbocycles. The minimum absolute atomic E-state index is 0.0584. The van der Waals surface area contributed by atoms with Gasteiger partial charge in [0, 0.05) is 24.4 Å². The third-order valence-corrected chi connectivity index (χ3v) is 7.73. The summed E-state index contributed by atoms with van der Waals surface area (Å²) in [7, 11) is -3.52. The van der Waals surface area contributed by atoms with Crippen molar-refractivity contribution in [2.75, 3.05) is 30.7 Å². The minimum atomic E-state index is -3.52. The van der Waals surface area contributed by atoms with Crippen LogP contribution in [0.3, 0.4) is 0 Å². The van der Waals surface area contributed by atoms with Crippen molar-refractivity contribution >= 4 is 44.0 Å². The molecule has 1 N–H and O–H groups in total. The molecule has 0 amide bonds. The molecule has 0 aliphatic carbocycles. The summed E-state index contributed by atoms with van der Waals surface area (Å²) in [6, 6.07) is 6.00. The number of aromatic nitrogens is 2. The second-order valence-electron chi connectivity index (χ2n) is 5.36. The average Bonchev–Trinajstić information content (AvgIpc) is 3.13. The summed E-state index contributed by atoms with van der Waals surface area (Å²) in [5, 5.41) is 11.5. The van der Waals surface area contributed by atoms with Crippen molar-refractivity contribution in [3.05, 3.63) is 42.5 Å². The van der Waals surface area contributed by atoms with Gasteiger partial charge in [-0.15, -0.1) is 16.8 Å². The number of sulfonamides is 1. The van der Waals surface area contributed by atoms with Crippen molar-refractivity contribution in [2.45, 2.75) is 23.1 Å². The number of rotatable bonds is 11. The molecule has 1 heterocycles. The third kappa shape index (κ3) is 5.61. The highest BCUT2D eigenvalue weighted by Gasteiger charge is 2.21. The van der Waals surface area contributed by atoms with Crippen LogP contribution in [-0.4, -0.2) is 54.1 Å². The van der Waals surface area contributed by atoms with E-state index in [0.29, 0.717) is 23.8 Å². The summed E-state index contributed by atoms with van der Waals surface area (Å²) in [5.41, 5.74) is 0.437. The number of hydrogen-bond acceptors (Lipinski definition) is 8. The zero-order chi connectivity index (χ0) is 19.9. The van der Waals surface area contributed by atoms with Gasteiger partial charge in [0.05, 0.1) is 11.4 Å². The Morgan fingerprint density at radius 1 is 1.26 bits per heavy atom. The second-order valence-corrected chi connectivity index (χ2v) is 9.55. The SMILES string of the molecule is C=CCSc1nnc(NCC(=O)c2ccc(S(=O)(=O)N(CC)CC)cc2)s1. The largest absolute Gasteiger partial charge is 0.353 e. The molecule has 0 aliphatic rings. The molecule has 0 saturated heterocycles. The highest BCUT2D eigenvalue weighted by molar-refractivity contribution is 8.01. The fourth-order valence-corrected chi connectivity index (χ4v) is 5.22. The summed E-state index contributed by atoms with van der Waals surface area (Å²) in [4.78, 5) is 12.5. The Hall–Kier alpha value is -1.75. The van der Waals surface area contributed by atoms with Gasteiger partial charge in [-0.25, -0.2) is 8.42 Å². The lowest BCUT2D eigenvalue weighted by Crippen LogP contribution is -2.30. The number of nitrogens with zero attached hydrogens (tertiary/aromatic N) is 3. The summed E-state index contributed by atoms with van der Waals surface area (Å²) in [6.07, 6.45) is 1.78. The van der Waals surface area contributed by atoms with E-state index < -0.39 is 10.0 Å². The third-order valence-electron chi connectivity index (χ3n) is 3.65. The Balaban J connectivity index is 1.99. The van der Waals surface area contributed by atoms with Crippen LogP contribution in [0.5, 0.6) is 0 Å². The number of carbonyl (C=O) groups excluding carboxylic acids is 1. The summed E-state index contributed by atoms with van der Waals surface area (Å²) in [5.74, 6) is 0.591. The number of hydrogen-bond donors (Lipinski definition) is 1. The Labute approximate surface area is 167 Å². The van der Waals surface area contributed by atoms with Gasteiger partial charge >= 0.3 is 0 Å². The van der Waals surface area contributed by atoms with Crippen LogP contribution < -0.4 is 5.32 Å². The van der Waals surface area contributed by atoms with Gasteiger partial charge in [0.2, 0.25) is 15.2 Å². The van der Waals surface area contributed by atoms with Crippen molar-refractivity contribution in [1.29, 1.82) is 0 Å². The molecular weight excluding hydrogens is 404 g/mol. The lowest BCUT2D eigenvalue weighted by Gasteiger charge is -2.18. The smallest absolute Gasteiger partial charge is 0.243 e. The molecule has 1 aromatic heterocycles. The standard InChI is InChI=1S/C17H22N4O3S3/c1-4-11-25-17-20-19-16(26-17)18-12-15(22)13-7-9-14(10-8-13)27(23,24)21(5-2)6-3/h4,7-10H,1,5-6,11-12H2,2-3H3,(H,18,19). The van der Waals surface area contributed by atoms with Gasteiger partial charge in [0.15, 0.2) is 10.1 Å². The fourth-order valence-electron chi connectivity index (χ4n) is 2.25. The first-order valence-electron chi connectivity index (χ1n) is 8.36. The summed E-state index contributed by atoms with van der Waals surface area (Å²) >= 11 is 2.89. The quantitative estimate of drug-likeness (QED) is 0.335. The van der Waals surface area contributed by atoms with Crippen molar-refractivity contribution < 1.29 is 13.2 Å². The Bertz CT molecular complexity index is 875. The molecule has 7 nitrogen and oxygen atoms in total. The van der Waals surface area contributed by atoms with Crippen LogP contribution in [0.4, 0.5) is 5.13 Å². The number of anilines is 1. The van der Waals surface area contributed by atoms with Gasteiger partial charge in [-0.05, 0) is 24.3 Å². The van der Waals surface area contributed by atoms with Gasteiger partial charge in [-0.1, -0.05) is 43.0 Å². The van der Waals surface area contributed by atoms with E-state index >= 15 is 0 Å². The van der Waals surface area contributed by atoms with Crippen molar-refractivity contribution in [3.8, 4) is 0 Å². The van der Waals surface area contributed by atoms with E-state index in [9.17, 15) is 13.2 Å². The van der Waals surface area contributed by atoms with Crippen molar-refractivity contribution in [1.82, 2.24) is 14.5 Å². The molecule has 0 radical (unpaired) electrons. The first kappa shape index (κ1) is 21.5. The maximum atomic E-state index is 12.5. The molecule has 27 heavy (non-hydrogen) atoms. The van der Waals surface area contributed by atoms with Crippen molar-refractivity contribution in [3.63, 3.8) is 0 Å². The molecular formula is C17H22N4O3S3. The van der Waals surface area contributed by atoms with Crippen LogP contribution in [-0.2, 0) is 10.0 Å². The number of carbonyl (C=O) groups is 1. The zero-order valence-corrected chi connectivity index (χ0v) is 17.7. The van der Waals surface area contributed by atoms with Crippen LogP contribution in [0.1, 0.15) is 24.2 Å². The number of thioether (sulfide) groups is 1. The van der Waals surface area contributed by atoms with E-state index in [1.54, 1.807) is 19.9 Å². The van der Waals surface area contributed by atoms with E-state index in [0.717, 1.165) is 10.1 Å². The molecule has 0 saturated carbocycles. The average molecular weight is 427 g/mol. The monoisotopic (exact) mass is 426 g/mol. The van der Waals surface area contributed by atoms with Gasteiger partial charge in [0.25, 0.3) is 0 Å². The van der Waals surface area contributed by atoms with Gasteiger partial charge < -0.3 is 5.32 Å². The molecule has 0 bridgehead atoms. The topological polar surface area (TPSA) is 92.3 Å². The molecule has 2 rings (SSSR count). The van der Waals surface area contributed by atoms with E-state index in [1.165, 1.54) is 51.7 Å². The van der Waals surface area contributed by atoms with Crippen molar-refractivity contribution in [2.24, 2.45) is 0 Å². The number of benzene rings is 1. The van der Waals surface area contributed by atoms with E-state index in [4.69, 9.17) is 0 Å². The van der Waals surface area contributed by atoms with E-state index in [1.807, 2.05) is 0 Å². The number of Topliss-reactive ketones (excluding diaryl/α,β-unsaturated/α-hetero) is 1. The molecule has 0 spiro atoms. The normalized spacial score (nSPS) is 11.5. The number of ketones is 1. The van der Waals surface area contributed by atoms with Gasteiger partial charge in [-0.2, -0.15) is 4.31 Å². The predicted octanol–water partition coefficient (Wildman–Crippen LogP) is 3.14.